The molecular formula is C8H8FNO3. The maximum atomic E-state index is 12.9. The molecule has 0 saturated heterocycles. The quantitative estimate of drug-likeness (QED) is 0.612. The van der Waals surface area contributed by atoms with Crippen LogP contribution in [0.4, 0.5) is 10.1 Å². The van der Waals surface area contributed by atoms with Crippen molar-refractivity contribution < 1.29 is 19.5 Å². The first kappa shape index (κ1) is 9.47. The van der Waals surface area contributed by atoms with Crippen LogP contribution in [0.1, 0.15) is 15.9 Å². The lowest BCUT2D eigenvalue weighted by molar-refractivity contribution is 0.0696. The van der Waals surface area contributed by atoms with Crippen LogP contribution in [-0.2, 0) is 0 Å². The van der Waals surface area contributed by atoms with E-state index in [1.165, 1.54) is 6.92 Å². The van der Waals surface area contributed by atoms with Gasteiger partial charge in [0, 0.05) is 0 Å². The summed E-state index contributed by atoms with van der Waals surface area (Å²) in [6.45, 7) is 1.48. The molecule has 4 nitrogen and oxygen atoms in total. The zero-order valence-corrected chi connectivity index (χ0v) is 6.84. The van der Waals surface area contributed by atoms with Crippen LogP contribution in [0.25, 0.3) is 0 Å². The molecule has 13 heavy (non-hydrogen) atoms. The van der Waals surface area contributed by atoms with Gasteiger partial charge in [-0.25, -0.2) is 9.18 Å². The number of aryl methyl sites for hydroxylation is 1. The van der Waals surface area contributed by atoms with Gasteiger partial charge in [-0.3, -0.25) is 10.7 Å². The molecular weight excluding hydrogens is 177 g/mol. The lowest BCUT2D eigenvalue weighted by atomic mass is 10.1. The number of rotatable bonds is 2. The van der Waals surface area contributed by atoms with Crippen molar-refractivity contribution in [2.45, 2.75) is 6.92 Å². The smallest absolute Gasteiger partial charge is 0.336 e. The molecule has 0 aromatic heterocycles. The largest absolute Gasteiger partial charge is 0.478 e. The van der Waals surface area contributed by atoms with Gasteiger partial charge in [0.1, 0.15) is 5.82 Å². The molecule has 0 aliphatic heterocycles. The van der Waals surface area contributed by atoms with E-state index in [1.54, 1.807) is 5.48 Å². The molecule has 3 N–H and O–H groups in total. The number of carboxylic acid groups (broad SMARTS) is 1. The lowest BCUT2D eigenvalue weighted by Crippen LogP contribution is -2.03. The molecule has 1 aromatic carbocycles. The molecule has 0 radical (unpaired) electrons. The van der Waals surface area contributed by atoms with E-state index < -0.39 is 11.8 Å². The SMILES string of the molecule is Cc1cc(F)c(NO)cc1C(=O)O. The highest BCUT2D eigenvalue weighted by Gasteiger charge is 2.11. The summed E-state index contributed by atoms with van der Waals surface area (Å²) in [4.78, 5) is 10.6. The second-order valence-corrected chi connectivity index (χ2v) is 2.56. The summed E-state index contributed by atoms with van der Waals surface area (Å²) in [5.74, 6) is -1.85. The Morgan fingerprint density at radius 3 is 2.62 bits per heavy atom. The van der Waals surface area contributed by atoms with E-state index in [4.69, 9.17) is 10.3 Å². The summed E-state index contributed by atoms with van der Waals surface area (Å²) in [7, 11) is 0. The summed E-state index contributed by atoms with van der Waals surface area (Å²) in [6, 6.07) is 2.08. The first-order chi connectivity index (χ1) is 6.06. The zero-order chi connectivity index (χ0) is 10.0. The van der Waals surface area contributed by atoms with Crippen molar-refractivity contribution in [3.63, 3.8) is 0 Å². The Bertz CT molecular complexity index is 351. The van der Waals surface area contributed by atoms with Crippen LogP contribution < -0.4 is 5.48 Å². The average molecular weight is 185 g/mol. The van der Waals surface area contributed by atoms with Gasteiger partial charge in [-0.1, -0.05) is 0 Å². The Kier molecular flexibility index (Phi) is 2.48. The summed E-state index contributed by atoms with van der Waals surface area (Å²) < 4.78 is 12.9. The monoisotopic (exact) mass is 185 g/mol. The van der Waals surface area contributed by atoms with Gasteiger partial charge in [-0.15, -0.1) is 0 Å². The lowest BCUT2D eigenvalue weighted by Gasteiger charge is -2.05. The van der Waals surface area contributed by atoms with Gasteiger partial charge >= 0.3 is 5.97 Å². The van der Waals surface area contributed by atoms with Gasteiger partial charge in [-0.2, -0.15) is 0 Å². The average Bonchev–Trinajstić information content (AvgIpc) is 2.03. The Morgan fingerprint density at radius 2 is 2.15 bits per heavy atom. The van der Waals surface area contributed by atoms with Gasteiger partial charge in [0.15, 0.2) is 0 Å². The van der Waals surface area contributed by atoms with Crippen molar-refractivity contribution in [1.29, 1.82) is 0 Å². The van der Waals surface area contributed by atoms with Crippen molar-refractivity contribution in [3.05, 3.63) is 29.1 Å². The topological polar surface area (TPSA) is 69.6 Å². The summed E-state index contributed by atoms with van der Waals surface area (Å²) >= 11 is 0. The highest BCUT2D eigenvalue weighted by Crippen LogP contribution is 2.19. The summed E-state index contributed by atoms with van der Waals surface area (Å²) in [5.41, 5.74) is 1.60. The molecule has 0 aliphatic carbocycles. The van der Waals surface area contributed by atoms with E-state index in [2.05, 4.69) is 0 Å². The van der Waals surface area contributed by atoms with Gasteiger partial charge in [-0.05, 0) is 24.6 Å². The Morgan fingerprint density at radius 1 is 1.54 bits per heavy atom. The fraction of sp³-hybridized carbons (Fsp3) is 0.125. The number of nitrogens with one attached hydrogen (secondary N) is 1. The van der Waals surface area contributed by atoms with Crippen molar-refractivity contribution >= 4 is 11.7 Å². The van der Waals surface area contributed by atoms with Crippen molar-refractivity contribution in [3.8, 4) is 0 Å². The highest BCUT2D eigenvalue weighted by atomic mass is 19.1. The molecule has 5 heteroatoms. The Labute approximate surface area is 73.6 Å². The van der Waals surface area contributed by atoms with Gasteiger partial charge in [0.2, 0.25) is 0 Å². The van der Waals surface area contributed by atoms with Crippen molar-refractivity contribution in [2.75, 3.05) is 5.48 Å². The van der Waals surface area contributed by atoms with Crippen molar-refractivity contribution in [1.82, 2.24) is 0 Å². The fourth-order valence-electron chi connectivity index (χ4n) is 0.989. The molecule has 0 fully saturated rings. The molecule has 1 aromatic rings. The number of halogens is 1. The first-order valence-corrected chi connectivity index (χ1v) is 3.50. The second-order valence-electron chi connectivity index (χ2n) is 2.56. The zero-order valence-electron chi connectivity index (χ0n) is 6.84. The molecule has 0 saturated carbocycles. The van der Waals surface area contributed by atoms with E-state index in [-0.39, 0.29) is 11.3 Å². The van der Waals surface area contributed by atoms with E-state index in [9.17, 15) is 9.18 Å². The Balaban J connectivity index is 3.30. The standard InChI is InChI=1S/C8H8FNO3/c1-4-2-6(9)7(10-13)3-5(4)8(11)12/h2-3,10,13H,1H3,(H,11,12). The van der Waals surface area contributed by atoms with Gasteiger partial charge < -0.3 is 5.11 Å². The number of carbonyl (C=O) groups is 1. The van der Waals surface area contributed by atoms with Crippen molar-refractivity contribution in [2.24, 2.45) is 0 Å². The maximum absolute atomic E-state index is 12.9. The van der Waals surface area contributed by atoms with E-state index in [0.29, 0.717) is 5.56 Å². The van der Waals surface area contributed by atoms with Crippen LogP contribution in [0.15, 0.2) is 12.1 Å². The third kappa shape index (κ3) is 1.75. The molecule has 70 valence electrons. The highest BCUT2D eigenvalue weighted by molar-refractivity contribution is 5.90. The molecule has 0 heterocycles. The minimum absolute atomic E-state index is 0.0436. The molecule has 0 bridgehead atoms. The van der Waals surface area contributed by atoms with Gasteiger partial charge in [0.25, 0.3) is 0 Å². The third-order valence-electron chi connectivity index (χ3n) is 1.66. The fourth-order valence-corrected chi connectivity index (χ4v) is 0.989. The van der Waals surface area contributed by atoms with Crippen LogP contribution in [0, 0.1) is 12.7 Å². The second kappa shape index (κ2) is 3.40. The van der Waals surface area contributed by atoms with Crippen LogP contribution in [-0.4, -0.2) is 16.3 Å². The minimum Gasteiger partial charge on any atom is -0.478 e. The van der Waals surface area contributed by atoms with Gasteiger partial charge in [0.05, 0.1) is 11.3 Å². The molecule has 0 aliphatic rings. The van der Waals surface area contributed by atoms with E-state index >= 15 is 0 Å². The molecule has 0 atom stereocenters. The number of anilines is 1. The minimum atomic E-state index is -1.16. The summed E-state index contributed by atoms with van der Waals surface area (Å²) in [5, 5.41) is 17.1. The maximum Gasteiger partial charge on any atom is 0.336 e. The third-order valence-corrected chi connectivity index (χ3v) is 1.66. The summed E-state index contributed by atoms with van der Waals surface area (Å²) in [6.07, 6.45) is 0. The number of hydrogen-bond acceptors (Lipinski definition) is 3. The number of hydrogen-bond donors (Lipinski definition) is 3. The van der Waals surface area contributed by atoms with Crippen LogP contribution >= 0.6 is 0 Å². The van der Waals surface area contributed by atoms with E-state index in [0.717, 1.165) is 12.1 Å². The number of carboxylic acids is 1. The van der Waals surface area contributed by atoms with Crippen LogP contribution in [0.5, 0.6) is 0 Å². The molecule has 0 unspecified atom stereocenters. The predicted molar refractivity (Wildman–Crippen MR) is 43.5 cm³/mol. The molecule has 1 rings (SSSR count). The van der Waals surface area contributed by atoms with Crippen LogP contribution in [0.2, 0.25) is 0 Å². The van der Waals surface area contributed by atoms with E-state index in [1.807, 2.05) is 0 Å². The van der Waals surface area contributed by atoms with Crippen LogP contribution in [0.3, 0.4) is 0 Å². The number of aromatic carboxylic acids is 1. The molecule has 0 amide bonds. The Hall–Kier alpha value is -1.62. The molecule has 0 spiro atoms. The first-order valence-electron chi connectivity index (χ1n) is 3.50. The predicted octanol–water partition coefficient (Wildman–Crippen LogP) is 1.63. The normalized spacial score (nSPS) is 9.77. The number of benzene rings is 1.